The number of aromatic hydroxyl groups is 1. The minimum atomic E-state index is 0.184. The van der Waals surface area contributed by atoms with Crippen LogP contribution in [0, 0.1) is 0 Å². The van der Waals surface area contributed by atoms with E-state index in [4.69, 9.17) is 9.47 Å². The highest BCUT2D eigenvalue weighted by atomic mass is 16.5. The molecule has 0 aliphatic carbocycles. The number of phenols is 1. The third-order valence-electron chi connectivity index (χ3n) is 1.76. The standard InChI is InChI=1S/C11H16O3/c1-2-13-8-5-9-14-11-7-4-3-6-10(11)12/h3-4,6-7,12H,2,5,8-9H2,1H3. The molecule has 14 heavy (non-hydrogen) atoms. The molecule has 0 bridgehead atoms. The Labute approximate surface area is 84.3 Å². The SMILES string of the molecule is CCOCCCOc1ccccc1O. The van der Waals surface area contributed by atoms with Crippen molar-refractivity contribution in [1.29, 1.82) is 0 Å². The Morgan fingerprint density at radius 1 is 1.21 bits per heavy atom. The third-order valence-corrected chi connectivity index (χ3v) is 1.76. The van der Waals surface area contributed by atoms with Crippen LogP contribution in [0.15, 0.2) is 24.3 Å². The highest BCUT2D eigenvalue weighted by Gasteiger charge is 1.98. The molecule has 1 aromatic rings. The summed E-state index contributed by atoms with van der Waals surface area (Å²) in [5, 5.41) is 9.36. The lowest BCUT2D eigenvalue weighted by molar-refractivity contribution is 0.130. The van der Waals surface area contributed by atoms with Crippen molar-refractivity contribution >= 4 is 0 Å². The highest BCUT2D eigenvalue weighted by Crippen LogP contribution is 2.24. The number of hydrogen-bond donors (Lipinski definition) is 1. The molecule has 0 saturated carbocycles. The first-order chi connectivity index (χ1) is 6.84. The summed E-state index contributed by atoms with van der Waals surface area (Å²) in [4.78, 5) is 0. The van der Waals surface area contributed by atoms with E-state index in [0.717, 1.165) is 13.0 Å². The van der Waals surface area contributed by atoms with Gasteiger partial charge in [-0.15, -0.1) is 0 Å². The second kappa shape index (κ2) is 6.27. The zero-order chi connectivity index (χ0) is 10.2. The fourth-order valence-electron chi connectivity index (χ4n) is 1.07. The molecule has 0 heterocycles. The Morgan fingerprint density at radius 2 is 2.00 bits per heavy atom. The summed E-state index contributed by atoms with van der Waals surface area (Å²) < 4.78 is 10.5. The monoisotopic (exact) mass is 196 g/mol. The molecule has 0 radical (unpaired) electrons. The van der Waals surface area contributed by atoms with Crippen LogP contribution < -0.4 is 4.74 Å². The van der Waals surface area contributed by atoms with Crippen molar-refractivity contribution in [3.8, 4) is 11.5 Å². The minimum absolute atomic E-state index is 0.184. The van der Waals surface area contributed by atoms with Gasteiger partial charge in [0.1, 0.15) is 0 Å². The van der Waals surface area contributed by atoms with Crippen molar-refractivity contribution in [2.75, 3.05) is 19.8 Å². The fraction of sp³-hybridized carbons (Fsp3) is 0.455. The maximum atomic E-state index is 9.36. The van der Waals surface area contributed by atoms with E-state index < -0.39 is 0 Å². The predicted molar refractivity (Wildman–Crippen MR) is 54.7 cm³/mol. The van der Waals surface area contributed by atoms with Crippen molar-refractivity contribution < 1.29 is 14.6 Å². The van der Waals surface area contributed by atoms with E-state index in [0.29, 0.717) is 19.0 Å². The summed E-state index contributed by atoms with van der Waals surface area (Å²) in [6, 6.07) is 6.95. The molecule has 0 amide bonds. The molecule has 1 N–H and O–H groups in total. The zero-order valence-corrected chi connectivity index (χ0v) is 8.40. The Bertz CT molecular complexity index is 260. The minimum Gasteiger partial charge on any atom is -0.504 e. The van der Waals surface area contributed by atoms with Crippen molar-refractivity contribution in [1.82, 2.24) is 0 Å². The lowest BCUT2D eigenvalue weighted by Crippen LogP contribution is -2.02. The third kappa shape index (κ3) is 3.66. The second-order valence-corrected chi connectivity index (χ2v) is 2.87. The van der Waals surface area contributed by atoms with E-state index in [9.17, 15) is 5.11 Å². The summed E-state index contributed by atoms with van der Waals surface area (Å²) in [5.74, 6) is 0.716. The number of benzene rings is 1. The van der Waals surface area contributed by atoms with Gasteiger partial charge in [-0.05, 0) is 19.1 Å². The topological polar surface area (TPSA) is 38.7 Å². The van der Waals surface area contributed by atoms with Crippen molar-refractivity contribution in [2.24, 2.45) is 0 Å². The number of rotatable bonds is 6. The number of para-hydroxylation sites is 2. The van der Waals surface area contributed by atoms with Crippen LogP contribution in [0.25, 0.3) is 0 Å². The van der Waals surface area contributed by atoms with E-state index in [1.54, 1.807) is 18.2 Å². The normalized spacial score (nSPS) is 10.1. The van der Waals surface area contributed by atoms with Gasteiger partial charge in [-0.2, -0.15) is 0 Å². The summed E-state index contributed by atoms with van der Waals surface area (Å²) in [6.07, 6.45) is 0.835. The molecule has 3 nitrogen and oxygen atoms in total. The molecule has 0 aliphatic heterocycles. The summed E-state index contributed by atoms with van der Waals surface area (Å²) in [7, 11) is 0. The first-order valence-electron chi connectivity index (χ1n) is 4.83. The van der Waals surface area contributed by atoms with Crippen molar-refractivity contribution in [2.45, 2.75) is 13.3 Å². The Kier molecular flexibility index (Phi) is 4.86. The lowest BCUT2D eigenvalue weighted by atomic mass is 10.3. The van der Waals surface area contributed by atoms with E-state index in [2.05, 4.69) is 0 Å². The molecule has 1 aromatic carbocycles. The van der Waals surface area contributed by atoms with Crippen LogP contribution in [0.4, 0.5) is 0 Å². The first kappa shape index (κ1) is 10.9. The van der Waals surface area contributed by atoms with Gasteiger partial charge >= 0.3 is 0 Å². The van der Waals surface area contributed by atoms with Crippen LogP contribution >= 0.6 is 0 Å². The molecular formula is C11H16O3. The van der Waals surface area contributed by atoms with Crippen molar-refractivity contribution in [3.05, 3.63) is 24.3 Å². The summed E-state index contributed by atoms with van der Waals surface area (Å²) in [5.41, 5.74) is 0. The molecule has 1 rings (SSSR count). The molecule has 0 aliphatic rings. The largest absolute Gasteiger partial charge is 0.504 e. The Hall–Kier alpha value is -1.22. The molecule has 0 aromatic heterocycles. The van der Waals surface area contributed by atoms with E-state index in [1.807, 2.05) is 13.0 Å². The van der Waals surface area contributed by atoms with E-state index in [1.165, 1.54) is 0 Å². The van der Waals surface area contributed by atoms with Crippen LogP contribution in [0.2, 0.25) is 0 Å². The van der Waals surface area contributed by atoms with Crippen molar-refractivity contribution in [3.63, 3.8) is 0 Å². The maximum absolute atomic E-state index is 9.36. The van der Waals surface area contributed by atoms with Gasteiger partial charge < -0.3 is 14.6 Å². The fourth-order valence-corrected chi connectivity index (χ4v) is 1.07. The molecule has 0 fully saturated rings. The van der Waals surface area contributed by atoms with Crippen LogP contribution in [0.1, 0.15) is 13.3 Å². The quantitative estimate of drug-likeness (QED) is 0.709. The Balaban J connectivity index is 2.21. The smallest absolute Gasteiger partial charge is 0.160 e. The van der Waals surface area contributed by atoms with Gasteiger partial charge in [0.15, 0.2) is 11.5 Å². The van der Waals surface area contributed by atoms with Crippen LogP contribution in [-0.2, 0) is 4.74 Å². The molecule has 3 heteroatoms. The molecule has 0 atom stereocenters. The van der Waals surface area contributed by atoms with E-state index >= 15 is 0 Å². The van der Waals surface area contributed by atoms with Gasteiger partial charge in [0.05, 0.1) is 6.61 Å². The van der Waals surface area contributed by atoms with Gasteiger partial charge in [0, 0.05) is 19.6 Å². The van der Waals surface area contributed by atoms with E-state index in [-0.39, 0.29) is 5.75 Å². The van der Waals surface area contributed by atoms with Gasteiger partial charge in [0.2, 0.25) is 0 Å². The molecule has 0 unspecified atom stereocenters. The highest BCUT2D eigenvalue weighted by molar-refractivity contribution is 5.37. The molecule has 0 spiro atoms. The summed E-state index contributed by atoms with van der Waals surface area (Å²) in [6.45, 7) is 3.96. The average Bonchev–Trinajstić information content (AvgIpc) is 2.20. The Morgan fingerprint density at radius 3 is 2.71 bits per heavy atom. The number of hydrogen-bond acceptors (Lipinski definition) is 3. The van der Waals surface area contributed by atoms with Gasteiger partial charge in [-0.3, -0.25) is 0 Å². The predicted octanol–water partition coefficient (Wildman–Crippen LogP) is 2.20. The maximum Gasteiger partial charge on any atom is 0.160 e. The second-order valence-electron chi connectivity index (χ2n) is 2.87. The van der Waals surface area contributed by atoms with Gasteiger partial charge in [-0.1, -0.05) is 12.1 Å². The average molecular weight is 196 g/mol. The van der Waals surface area contributed by atoms with Crippen LogP contribution in [0.3, 0.4) is 0 Å². The number of phenolic OH excluding ortho intramolecular Hbond substituents is 1. The van der Waals surface area contributed by atoms with Crippen LogP contribution in [0.5, 0.6) is 11.5 Å². The number of ether oxygens (including phenoxy) is 2. The zero-order valence-electron chi connectivity index (χ0n) is 8.40. The molecule has 78 valence electrons. The van der Waals surface area contributed by atoms with Gasteiger partial charge in [0.25, 0.3) is 0 Å². The van der Waals surface area contributed by atoms with Gasteiger partial charge in [-0.25, -0.2) is 0 Å². The summed E-state index contributed by atoms with van der Waals surface area (Å²) >= 11 is 0. The first-order valence-corrected chi connectivity index (χ1v) is 4.83. The lowest BCUT2D eigenvalue weighted by Gasteiger charge is -2.07. The van der Waals surface area contributed by atoms with Crippen LogP contribution in [-0.4, -0.2) is 24.9 Å². The molecule has 0 saturated heterocycles. The molecular weight excluding hydrogens is 180 g/mol.